The molecule has 1 atom stereocenters. The summed E-state index contributed by atoms with van der Waals surface area (Å²) in [5, 5.41) is 4.59. The second kappa shape index (κ2) is 7.34. The predicted octanol–water partition coefficient (Wildman–Crippen LogP) is 1.66. The Morgan fingerprint density at radius 3 is 2.94 bits per heavy atom. The number of hydrogen-bond acceptors (Lipinski definition) is 5. The summed E-state index contributed by atoms with van der Waals surface area (Å²) in [6.07, 6.45) is 0. The van der Waals surface area contributed by atoms with Crippen molar-refractivity contribution in [1.82, 2.24) is 5.32 Å². The zero-order chi connectivity index (χ0) is 12.7. The molecule has 1 heterocycles. The van der Waals surface area contributed by atoms with E-state index >= 15 is 0 Å². The lowest BCUT2D eigenvalue weighted by Gasteiger charge is -2.10. The number of ether oxygens (including phenoxy) is 1. The molecule has 0 aromatic carbocycles. The first-order valence-electron chi connectivity index (χ1n) is 5.10. The summed E-state index contributed by atoms with van der Waals surface area (Å²) in [7, 11) is 1.30. The highest BCUT2D eigenvalue weighted by Crippen LogP contribution is 2.16. The Balaban J connectivity index is 2.19. The van der Waals surface area contributed by atoms with Gasteiger partial charge in [0.15, 0.2) is 0 Å². The molecule has 94 valence electrons. The topological polar surface area (TPSA) is 55.4 Å². The maximum absolute atomic E-state index is 11.5. The number of thiophene rings is 1. The molecule has 0 saturated heterocycles. The van der Waals surface area contributed by atoms with Crippen LogP contribution in [-0.4, -0.2) is 30.8 Å². The van der Waals surface area contributed by atoms with Crippen molar-refractivity contribution in [1.29, 1.82) is 0 Å². The van der Waals surface area contributed by atoms with Gasteiger partial charge in [-0.1, -0.05) is 6.07 Å². The van der Waals surface area contributed by atoms with Crippen molar-refractivity contribution in [3.05, 3.63) is 22.4 Å². The molecule has 0 aliphatic rings. The molecule has 1 unspecified atom stereocenters. The molecule has 1 N–H and O–H groups in total. The third-order valence-electron chi connectivity index (χ3n) is 1.99. The Hall–Kier alpha value is -1.01. The smallest absolute Gasteiger partial charge is 0.328 e. The first kappa shape index (κ1) is 14.1. The van der Waals surface area contributed by atoms with Gasteiger partial charge in [-0.15, -0.1) is 23.1 Å². The lowest BCUT2D eigenvalue weighted by atomic mass is 10.3. The summed E-state index contributed by atoms with van der Waals surface area (Å²) in [6, 6.07) is 3.43. The van der Waals surface area contributed by atoms with Crippen molar-refractivity contribution in [2.75, 3.05) is 12.9 Å². The monoisotopic (exact) mass is 273 g/mol. The number of nitrogens with one attached hydrogen (secondary N) is 1. The molecule has 0 saturated carbocycles. The van der Waals surface area contributed by atoms with Gasteiger partial charge in [0, 0.05) is 10.6 Å². The first-order valence-corrected chi connectivity index (χ1v) is 7.14. The number of thioether (sulfide) groups is 1. The lowest BCUT2D eigenvalue weighted by molar-refractivity contribution is -0.144. The molecule has 6 heteroatoms. The normalized spacial score (nSPS) is 11.9. The highest BCUT2D eigenvalue weighted by molar-refractivity contribution is 7.99. The molecule has 0 bridgehead atoms. The summed E-state index contributed by atoms with van der Waals surface area (Å²) in [5.74, 6) is 0.586. The van der Waals surface area contributed by atoms with Crippen molar-refractivity contribution in [2.45, 2.75) is 18.7 Å². The van der Waals surface area contributed by atoms with E-state index in [-0.39, 0.29) is 5.91 Å². The van der Waals surface area contributed by atoms with Crippen LogP contribution in [0.1, 0.15) is 11.8 Å². The molecule has 17 heavy (non-hydrogen) atoms. The second-order valence-corrected chi connectivity index (χ2v) is 5.40. The lowest BCUT2D eigenvalue weighted by Crippen LogP contribution is -2.40. The van der Waals surface area contributed by atoms with Crippen molar-refractivity contribution < 1.29 is 14.3 Å². The first-order chi connectivity index (χ1) is 8.13. The van der Waals surface area contributed by atoms with Crippen LogP contribution in [-0.2, 0) is 20.1 Å². The van der Waals surface area contributed by atoms with Crippen molar-refractivity contribution in [3.63, 3.8) is 0 Å². The molecule has 1 aromatic heterocycles. The van der Waals surface area contributed by atoms with E-state index in [4.69, 9.17) is 0 Å². The van der Waals surface area contributed by atoms with E-state index in [1.54, 1.807) is 18.3 Å². The molecule has 0 radical (unpaired) electrons. The van der Waals surface area contributed by atoms with E-state index in [1.165, 1.54) is 23.7 Å². The molecular formula is C11H15NO3S2. The number of amides is 1. The molecular weight excluding hydrogens is 258 g/mol. The fourth-order valence-electron chi connectivity index (χ4n) is 1.16. The number of hydrogen-bond donors (Lipinski definition) is 1. The molecule has 0 aliphatic carbocycles. The zero-order valence-corrected chi connectivity index (χ0v) is 11.4. The van der Waals surface area contributed by atoms with Crippen LogP contribution >= 0.6 is 23.1 Å². The predicted molar refractivity (Wildman–Crippen MR) is 70.1 cm³/mol. The maximum atomic E-state index is 11.5. The third kappa shape index (κ3) is 5.23. The number of carbonyl (C=O) groups is 2. The van der Waals surface area contributed by atoms with Gasteiger partial charge in [-0.25, -0.2) is 4.79 Å². The zero-order valence-electron chi connectivity index (χ0n) is 9.76. The molecule has 0 spiro atoms. The van der Waals surface area contributed by atoms with Crippen molar-refractivity contribution in [2.24, 2.45) is 0 Å². The highest BCUT2D eigenvalue weighted by atomic mass is 32.2. The number of rotatable bonds is 6. The minimum Gasteiger partial charge on any atom is -0.467 e. The van der Waals surface area contributed by atoms with Crippen LogP contribution in [0, 0.1) is 0 Å². The highest BCUT2D eigenvalue weighted by Gasteiger charge is 2.15. The Morgan fingerprint density at radius 2 is 2.35 bits per heavy atom. The Labute approximate surface area is 109 Å². The van der Waals surface area contributed by atoms with E-state index in [2.05, 4.69) is 10.1 Å². The second-order valence-electron chi connectivity index (χ2n) is 3.38. The van der Waals surface area contributed by atoms with E-state index in [1.807, 2.05) is 17.5 Å². The SMILES string of the molecule is COC(=O)C(C)NC(=O)CSCc1cccs1. The van der Waals surface area contributed by atoms with E-state index in [9.17, 15) is 9.59 Å². The van der Waals surface area contributed by atoms with Crippen LogP contribution < -0.4 is 5.32 Å². The molecule has 0 aliphatic heterocycles. The van der Waals surface area contributed by atoms with Crippen LogP contribution in [0.2, 0.25) is 0 Å². The average molecular weight is 273 g/mol. The minimum absolute atomic E-state index is 0.149. The number of methoxy groups -OCH3 is 1. The number of esters is 1. The maximum Gasteiger partial charge on any atom is 0.328 e. The van der Waals surface area contributed by atoms with Gasteiger partial charge in [0.25, 0.3) is 0 Å². The van der Waals surface area contributed by atoms with Gasteiger partial charge in [-0.2, -0.15) is 0 Å². The van der Waals surface area contributed by atoms with Gasteiger partial charge >= 0.3 is 5.97 Å². The third-order valence-corrected chi connectivity index (χ3v) is 4.03. The largest absolute Gasteiger partial charge is 0.467 e. The van der Waals surface area contributed by atoms with Crippen LogP contribution in [0.25, 0.3) is 0 Å². The standard InChI is InChI=1S/C11H15NO3S2/c1-8(11(14)15-2)12-10(13)7-16-6-9-4-3-5-17-9/h3-5,8H,6-7H2,1-2H3,(H,12,13). The Bertz CT molecular complexity index is 365. The summed E-state index contributed by atoms with van der Waals surface area (Å²) < 4.78 is 4.52. The van der Waals surface area contributed by atoms with Crippen LogP contribution in [0.4, 0.5) is 0 Å². The van der Waals surface area contributed by atoms with E-state index < -0.39 is 12.0 Å². The Kier molecular flexibility index (Phi) is 6.07. The van der Waals surface area contributed by atoms with Gasteiger partial charge in [0.2, 0.25) is 5.91 Å². The average Bonchev–Trinajstić information content (AvgIpc) is 2.80. The van der Waals surface area contributed by atoms with Crippen LogP contribution in [0.5, 0.6) is 0 Å². The van der Waals surface area contributed by atoms with Crippen molar-refractivity contribution >= 4 is 35.0 Å². The van der Waals surface area contributed by atoms with E-state index in [0.29, 0.717) is 5.75 Å². The molecule has 1 rings (SSSR count). The van der Waals surface area contributed by atoms with E-state index in [0.717, 1.165) is 5.75 Å². The molecule has 0 fully saturated rings. The quantitative estimate of drug-likeness (QED) is 0.801. The molecule has 1 amide bonds. The van der Waals surface area contributed by atoms with Crippen LogP contribution in [0.3, 0.4) is 0 Å². The van der Waals surface area contributed by atoms with Crippen molar-refractivity contribution in [3.8, 4) is 0 Å². The van der Waals surface area contributed by atoms with Gasteiger partial charge in [0.1, 0.15) is 6.04 Å². The van der Waals surface area contributed by atoms with Gasteiger partial charge in [-0.05, 0) is 18.4 Å². The molecule has 1 aromatic rings. The Morgan fingerprint density at radius 1 is 1.59 bits per heavy atom. The summed E-state index contributed by atoms with van der Waals surface area (Å²) in [5.41, 5.74) is 0. The molecule has 4 nitrogen and oxygen atoms in total. The summed E-state index contributed by atoms with van der Waals surface area (Å²) >= 11 is 3.20. The van der Waals surface area contributed by atoms with Gasteiger partial charge < -0.3 is 10.1 Å². The fourth-order valence-corrected chi connectivity index (χ4v) is 2.84. The van der Waals surface area contributed by atoms with Crippen LogP contribution in [0.15, 0.2) is 17.5 Å². The van der Waals surface area contributed by atoms with Gasteiger partial charge in [0.05, 0.1) is 12.9 Å². The summed E-state index contributed by atoms with van der Waals surface area (Å²) in [6.45, 7) is 1.60. The minimum atomic E-state index is -0.588. The van der Waals surface area contributed by atoms with Gasteiger partial charge in [-0.3, -0.25) is 4.79 Å². The fraction of sp³-hybridized carbons (Fsp3) is 0.455. The number of carbonyl (C=O) groups excluding carboxylic acids is 2. The summed E-state index contributed by atoms with van der Waals surface area (Å²) in [4.78, 5) is 23.8.